The average molecular weight is 332 g/mol. The SMILES string of the molecule is O=C(O)C1CCC(NC(=O)N2CCOCC2c2ccccc2)CC1. The van der Waals surface area contributed by atoms with Crippen LogP contribution in [0.1, 0.15) is 37.3 Å². The molecule has 1 unspecified atom stereocenters. The molecule has 0 spiro atoms. The van der Waals surface area contributed by atoms with Crippen molar-refractivity contribution in [2.45, 2.75) is 37.8 Å². The van der Waals surface area contributed by atoms with Crippen molar-refractivity contribution in [3.05, 3.63) is 35.9 Å². The summed E-state index contributed by atoms with van der Waals surface area (Å²) in [7, 11) is 0. The second kappa shape index (κ2) is 7.66. The van der Waals surface area contributed by atoms with Crippen molar-refractivity contribution in [2.24, 2.45) is 5.92 Å². The third-order valence-electron chi connectivity index (χ3n) is 4.98. The first-order valence-electron chi connectivity index (χ1n) is 8.58. The van der Waals surface area contributed by atoms with Crippen molar-refractivity contribution in [3.8, 4) is 0 Å². The minimum Gasteiger partial charge on any atom is -0.481 e. The molecule has 3 rings (SSSR count). The monoisotopic (exact) mass is 332 g/mol. The number of carboxylic acids is 1. The number of ether oxygens (including phenoxy) is 1. The van der Waals surface area contributed by atoms with E-state index in [1.165, 1.54) is 0 Å². The predicted octanol–water partition coefficient (Wildman–Crippen LogP) is 2.41. The number of carbonyl (C=O) groups is 2. The molecule has 0 aromatic heterocycles. The summed E-state index contributed by atoms with van der Waals surface area (Å²) in [6.45, 7) is 1.61. The van der Waals surface area contributed by atoms with E-state index in [-0.39, 0.29) is 24.0 Å². The van der Waals surface area contributed by atoms with Gasteiger partial charge in [-0.2, -0.15) is 0 Å². The topological polar surface area (TPSA) is 78.9 Å². The number of morpholine rings is 1. The Morgan fingerprint density at radius 1 is 1.12 bits per heavy atom. The highest BCUT2D eigenvalue weighted by atomic mass is 16.5. The Morgan fingerprint density at radius 3 is 2.50 bits per heavy atom. The van der Waals surface area contributed by atoms with E-state index >= 15 is 0 Å². The van der Waals surface area contributed by atoms with E-state index in [9.17, 15) is 9.59 Å². The molecule has 0 radical (unpaired) electrons. The van der Waals surface area contributed by atoms with Gasteiger partial charge in [0.15, 0.2) is 0 Å². The Hall–Kier alpha value is -2.08. The minimum atomic E-state index is -0.725. The number of nitrogens with zero attached hydrogens (tertiary/aromatic N) is 1. The molecule has 2 N–H and O–H groups in total. The molecule has 1 saturated carbocycles. The summed E-state index contributed by atoms with van der Waals surface area (Å²) in [6, 6.07) is 9.82. The van der Waals surface area contributed by atoms with E-state index in [0.717, 1.165) is 18.4 Å². The van der Waals surface area contributed by atoms with Crippen LogP contribution in [-0.4, -0.2) is 47.8 Å². The fraction of sp³-hybridized carbons (Fsp3) is 0.556. The van der Waals surface area contributed by atoms with E-state index in [1.807, 2.05) is 35.2 Å². The maximum atomic E-state index is 12.7. The maximum absolute atomic E-state index is 12.7. The Kier molecular flexibility index (Phi) is 5.35. The summed E-state index contributed by atoms with van der Waals surface area (Å²) >= 11 is 0. The number of amides is 2. The molecule has 2 amide bonds. The summed E-state index contributed by atoms with van der Waals surface area (Å²) in [6.07, 6.45) is 2.71. The van der Waals surface area contributed by atoms with Crippen molar-refractivity contribution in [1.29, 1.82) is 0 Å². The second-order valence-electron chi connectivity index (χ2n) is 6.53. The number of benzene rings is 1. The van der Waals surface area contributed by atoms with Gasteiger partial charge in [-0.15, -0.1) is 0 Å². The maximum Gasteiger partial charge on any atom is 0.318 e. The van der Waals surface area contributed by atoms with Crippen LogP contribution in [0, 0.1) is 5.92 Å². The molecular weight excluding hydrogens is 308 g/mol. The van der Waals surface area contributed by atoms with Crippen LogP contribution in [0.15, 0.2) is 30.3 Å². The number of carbonyl (C=O) groups excluding carboxylic acids is 1. The van der Waals surface area contributed by atoms with Gasteiger partial charge in [0.1, 0.15) is 0 Å². The van der Waals surface area contributed by atoms with Crippen LogP contribution >= 0.6 is 0 Å². The Labute approximate surface area is 141 Å². The van der Waals surface area contributed by atoms with E-state index in [1.54, 1.807) is 0 Å². The molecule has 1 aromatic rings. The molecule has 1 atom stereocenters. The molecule has 130 valence electrons. The van der Waals surface area contributed by atoms with Gasteiger partial charge < -0.3 is 20.1 Å². The molecule has 6 nitrogen and oxygen atoms in total. The molecular formula is C18H24N2O4. The van der Waals surface area contributed by atoms with Crippen molar-refractivity contribution in [1.82, 2.24) is 10.2 Å². The van der Waals surface area contributed by atoms with Crippen LogP contribution in [0.2, 0.25) is 0 Å². The van der Waals surface area contributed by atoms with Gasteiger partial charge >= 0.3 is 12.0 Å². The zero-order chi connectivity index (χ0) is 16.9. The summed E-state index contributed by atoms with van der Waals surface area (Å²) in [4.78, 5) is 25.6. The van der Waals surface area contributed by atoms with Gasteiger partial charge in [-0.1, -0.05) is 30.3 Å². The van der Waals surface area contributed by atoms with Crippen molar-refractivity contribution < 1.29 is 19.4 Å². The van der Waals surface area contributed by atoms with Crippen LogP contribution in [-0.2, 0) is 9.53 Å². The molecule has 1 aromatic carbocycles. The zero-order valence-electron chi connectivity index (χ0n) is 13.7. The van der Waals surface area contributed by atoms with E-state index in [2.05, 4.69) is 5.32 Å². The molecule has 24 heavy (non-hydrogen) atoms. The second-order valence-corrected chi connectivity index (χ2v) is 6.53. The van der Waals surface area contributed by atoms with Crippen LogP contribution < -0.4 is 5.32 Å². The van der Waals surface area contributed by atoms with Gasteiger partial charge in [0, 0.05) is 12.6 Å². The lowest BCUT2D eigenvalue weighted by Gasteiger charge is -2.37. The number of carboxylic acid groups (broad SMARTS) is 1. The quantitative estimate of drug-likeness (QED) is 0.891. The van der Waals surface area contributed by atoms with E-state index in [0.29, 0.717) is 32.6 Å². The Balaban J connectivity index is 1.60. The molecule has 1 heterocycles. The van der Waals surface area contributed by atoms with Crippen molar-refractivity contribution in [2.75, 3.05) is 19.8 Å². The smallest absolute Gasteiger partial charge is 0.318 e. The van der Waals surface area contributed by atoms with Gasteiger partial charge in [-0.05, 0) is 31.2 Å². The van der Waals surface area contributed by atoms with Crippen LogP contribution in [0.3, 0.4) is 0 Å². The molecule has 1 aliphatic carbocycles. The summed E-state index contributed by atoms with van der Waals surface area (Å²) in [5, 5.41) is 12.1. The number of hydrogen-bond donors (Lipinski definition) is 2. The van der Waals surface area contributed by atoms with Gasteiger partial charge in [-0.3, -0.25) is 4.79 Å². The van der Waals surface area contributed by atoms with E-state index < -0.39 is 5.97 Å². The highest BCUT2D eigenvalue weighted by Gasteiger charge is 2.31. The Morgan fingerprint density at radius 2 is 1.83 bits per heavy atom. The average Bonchev–Trinajstić information content (AvgIpc) is 2.63. The number of hydrogen-bond acceptors (Lipinski definition) is 3. The number of rotatable bonds is 3. The number of urea groups is 1. The lowest BCUT2D eigenvalue weighted by molar-refractivity contribution is -0.142. The highest BCUT2D eigenvalue weighted by Crippen LogP contribution is 2.27. The third kappa shape index (κ3) is 3.87. The predicted molar refractivity (Wildman–Crippen MR) is 88.6 cm³/mol. The lowest BCUT2D eigenvalue weighted by atomic mass is 9.86. The molecule has 2 aliphatic rings. The van der Waals surface area contributed by atoms with Crippen molar-refractivity contribution in [3.63, 3.8) is 0 Å². The fourth-order valence-corrected chi connectivity index (χ4v) is 3.54. The van der Waals surface area contributed by atoms with Gasteiger partial charge in [0.05, 0.1) is 25.2 Å². The van der Waals surface area contributed by atoms with Gasteiger partial charge in [0.25, 0.3) is 0 Å². The molecule has 6 heteroatoms. The normalized spacial score (nSPS) is 27.5. The molecule has 0 bridgehead atoms. The Bertz CT molecular complexity index is 570. The number of aliphatic carboxylic acids is 1. The minimum absolute atomic E-state index is 0.0624. The molecule has 2 fully saturated rings. The van der Waals surface area contributed by atoms with Gasteiger partial charge in [-0.25, -0.2) is 4.79 Å². The molecule has 1 aliphatic heterocycles. The fourth-order valence-electron chi connectivity index (χ4n) is 3.54. The third-order valence-corrected chi connectivity index (χ3v) is 4.98. The van der Waals surface area contributed by atoms with Crippen molar-refractivity contribution >= 4 is 12.0 Å². The number of nitrogens with one attached hydrogen (secondary N) is 1. The lowest BCUT2D eigenvalue weighted by Crippen LogP contribution is -2.51. The first-order valence-corrected chi connectivity index (χ1v) is 8.58. The van der Waals surface area contributed by atoms with Gasteiger partial charge in [0.2, 0.25) is 0 Å². The van der Waals surface area contributed by atoms with Crippen LogP contribution in [0.25, 0.3) is 0 Å². The highest BCUT2D eigenvalue weighted by molar-refractivity contribution is 5.75. The van der Waals surface area contributed by atoms with Crippen LogP contribution in [0.5, 0.6) is 0 Å². The summed E-state index contributed by atoms with van der Waals surface area (Å²) in [5.74, 6) is -0.990. The summed E-state index contributed by atoms with van der Waals surface area (Å²) < 4.78 is 5.56. The van der Waals surface area contributed by atoms with Crippen LogP contribution in [0.4, 0.5) is 4.79 Å². The first kappa shape index (κ1) is 16.8. The summed E-state index contributed by atoms with van der Waals surface area (Å²) in [5.41, 5.74) is 1.07. The van der Waals surface area contributed by atoms with E-state index in [4.69, 9.17) is 9.84 Å². The molecule has 1 saturated heterocycles. The standard InChI is InChI=1S/C18H24N2O4/c21-17(22)14-6-8-15(9-7-14)19-18(23)20-10-11-24-12-16(20)13-4-2-1-3-5-13/h1-5,14-16H,6-12H2,(H,19,23)(H,21,22). The largest absolute Gasteiger partial charge is 0.481 e. The zero-order valence-corrected chi connectivity index (χ0v) is 13.7. The first-order chi connectivity index (χ1) is 11.6.